The van der Waals surface area contributed by atoms with Gasteiger partial charge in [0.1, 0.15) is 0 Å². The van der Waals surface area contributed by atoms with E-state index in [0.29, 0.717) is 6.54 Å². The summed E-state index contributed by atoms with van der Waals surface area (Å²) < 4.78 is 0. The molecule has 0 atom stereocenters. The maximum Gasteiger partial charge on any atom is 0.0488 e. The molecule has 3 nitrogen and oxygen atoms in total. The van der Waals surface area contributed by atoms with E-state index < -0.39 is 0 Å². The number of aromatic nitrogens is 2. The normalized spacial score (nSPS) is 10.6. The highest BCUT2D eigenvalue weighted by Gasteiger charge is 1.99. The summed E-state index contributed by atoms with van der Waals surface area (Å²) in [7, 11) is 0. The van der Waals surface area contributed by atoms with Crippen LogP contribution in [0, 0.1) is 0 Å². The maximum absolute atomic E-state index is 5.51. The molecular formula is C8H9N3. The Bertz CT molecular complexity index is 364. The molecule has 3 heteroatoms. The monoisotopic (exact) mass is 147 g/mol. The number of nitrogens with zero attached hydrogens (tertiary/aromatic N) is 1. The maximum atomic E-state index is 5.51. The van der Waals surface area contributed by atoms with E-state index in [0.717, 1.165) is 16.5 Å². The number of H-pyrrole nitrogens is 1. The zero-order chi connectivity index (χ0) is 7.68. The van der Waals surface area contributed by atoms with Crippen LogP contribution in [0.5, 0.6) is 0 Å². The van der Waals surface area contributed by atoms with Gasteiger partial charge in [-0.25, -0.2) is 0 Å². The van der Waals surface area contributed by atoms with Crippen molar-refractivity contribution >= 4 is 10.9 Å². The molecule has 2 aromatic rings. The van der Waals surface area contributed by atoms with E-state index in [2.05, 4.69) is 9.97 Å². The molecule has 0 fully saturated rings. The van der Waals surface area contributed by atoms with E-state index >= 15 is 0 Å². The lowest BCUT2D eigenvalue weighted by Crippen LogP contribution is -1.93. The molecule has 2 heterocycles. The third-order valence-corrected chi connectivity index (χ3v) is 1.79. The SMILES string of the molecule is NCc1c[nH]c2ccncc12. The van der Waals surface area contributed by atoms with Crippen LogP contribution in [0.3, 0.4) is 0 Å². The minimum atomic E-state index is 0.561. The first-order chi connectivity index (χ1) is 5.42. The average Bonchev–Trinajstić information content (AvgIpc) is 2.47. The van der Waals surface area contributed by atoms with Gasteiger partial charge in [0.15, 0.2) is 0 Å². The van der Waals surface area contributed by atoms with Crippen molar-refractivity contribution in [3.8, 4) is 0 Å². The van der Waals surface area contributed by atoms with Crippen molar-refractivity contribution in [3.05, 3.63) is 30.2 Å². The molecule has 0 saturated carbocycles. The second kappa shape index (κ2) is 2.36. The van der Waals surface area contributed by atoms with E-state index in [-0.39, 0.29) is 0 Å². The Labute approximate surface area is 64.2 Å². The number of aromatic amines is 1. The largest absolute Gasteiger partial charge is 0.361 e. The van der Waals surface area contributed by atoms with Crippen molar-refractivity contribution in [2.75, 3.05) is 0 Å². The van der Waals surface area contributed by atoms with Gasteiger partial charge in [-0.1, -0.05) is 0 Å². The number of fused-ring (bicyclic) bond motifs is 1. The topological polar surface area (TPSA) is 54.7 Å². The van der Waals surface area contributed by atoms with Crippen LogP contribution in [0.1, 0.15) is 5.56 Å². The Kier molecular flexibility index (Phi) is 1.36. The van der Waals surface area contributed by atoms with Gasteiger partial charge in [0.2, 0.25) is 0 Å². The highest BCUT2D eigenvalue weighted by molar-refractivity contribution is 5.81. The molecule has 0 saturated heterocycles. The zero-order valence-electron chi connectivity index (χ0n) is 6.04. The Morgan fingerprint density at radius 2 is 2.45 bits per heavy atom. The molecule has 0 aromatic carbocycles. The fourth-order valence-electron chi connectivity index (χ4n) is 1.19. The van der Waals surface area contributed by atoms with Crippen molar-refractivity contribution in [3.63, 3.8) is 0 Å². The Morgan fingerprint density at radius 3 is 3.27 bits per heavy atom. The van der Waals surface area contributed by atoms with E-state index in [1.165, 1.54) is 0 Å². The average molecular weight is 147 g/mol. The van der Waals surface area contributed by atoms with Crippen LogP contribution in [-0.2, 0) is 6.54 Å². The molecule has 0 bridgehead atoms. The van der Waals surface area contributed by atoms with Gasteiger partial charge in [-0.2, -0.15) is 0 Å². The van der Waals surface area contributed by atoms with Gasteiger partial charge in [0.25, 0.3) is 0 Å². The predicted octanol–water partition coefficient (Wildman–Crippen LogP) is 1.02. The second-order valence-electron chi connectivity index (χ2n) is 2.44. The molecule has 2 rings (SSSR count). The van der Waals surface area contributed by atoms with Crippen LogP contribution >= 0.6 is 0 Å². The van der Waals surface area contributed by atoms with Gasteiger partial charge in [-0.15, -0.1) is 0 Å². The van der Waals surface area contributed by atoms with Crippen LogP contribution in [-0.4, -0.2) is 9.97 Å². The summed E-state index contributed by atoms with van der Waals surface area (Å²) >= 11 is 0. The molecule has 0 spiro atoms. The first kappa shape index (κ1) is 6.37. The van der Waals surface area contributed by atoms with E-state index in [9.17, 15) is 0 Å². The lowest BCUT2D eigenvalue weighted by Gasteiger charge is -1.90. The second-order valence-corrected chi connectivity index (χ2v) is 2.44. The zero-order valence-corrected chi connectivity index (χ0v) is 6.04. The number of pyridine rings is 1. The third-order valence-electron chi connectivity index (χ3n) is 1.79. The minimum Gasteiger partial charge on any atom is -0.361 e. The lowest BCUT2D eigenvalue weighted by atomic mass is 10.2. The van der Waals surface area contributed by atoms with Crippen molar-refractivity contribution in [2.24, 2.45) is 5.73 Å². The number of rotatable bonds is 1. The van der Waals surface area contributed by atoms with E-state index in [1.807, 2.05) is 18.5 Å². The summed E-state index contributed by atoms with van der Waals surface area (Å²) in [6.45, 7) is 0.561. The lowest BCUT2D eigenvalue weighted by molar-refractivity contribution is 1.08. The van der Waals surface area contributed by atoms with Crippen molar-refractivity contribution < 1.29 is 0 Å². The van der Waals surface area contributed by atoms with Crippen LogP contribution in [0.25, 0.3) is 10.9 Å². The number of hydrogen-bond acceptors (Lipinski definition) is 2. The van der Waals surface area contributed by atoms with Gasteiger partial charge >= 0.3 is 0 Å². The van der Waals surface area contributed by atoms with Crippen LogP contribution in [0.4, 0.5) is 0 Å². The van der Waals surface area contributed by atoms with Crippen LogP contribution in [0.2, 0.25) is 0 Å². The van der Waals surface area contributed by atoms with Crippen molar-refractivity contribution in [1.82, 2.24) is 9.97 Å². The molecule has 11 heavy (non-hydrogen) atoms. The van der Waals surface area contributed by atoms with Gasteiger partial charge in [0.05, 0.1) is 0 Å². The first-order valence-electron chi connectivity index (χ1n) is 3.52. The molecule has 0 aliphatic heterocycles. The van der Waals surface area contributed by atoms with Gasteiger partial charge < -0.3 is 10.7 Å². The minimum absolute atomic E-state index is 0.561. The van der Waals surface area contributed by atoms with Gasteiger partial charge in [0, 0.05) is 36.0 Å². The smallest absolute Gasteiger partial charge is 0.0488 e. The molecule has 2 aromatic heterocycles. The summed E-state index contributed by atoms with van der Waals surface area (Å²) in [6, 6.07) is 1.94. The first-order valence-corrected chi connectivity index (χ1v) is 3.52. The molecule has 0 amide bonds. The number of hydrogen-bond donors (Lipinski definition) is 2. The van der Waals surface area contributed by atoms with E-state index in [1.54, 1.807) is 6.20 Å². The van der Waals surface area contributed by atoms with Gasteiger partial charge in [-0.05, 0) is 11.6 Å². The van der Waals surface area contributed by atoms with E-state index in [4.69, 9.17) is 5.73 Å². The number of nitrogens with two attached hydrogens (primary N) is 1. The molecule has 3 N–H and O–H groups in total. The molecule has 0 aliphatic rings. The van der Waals surface area contributed by atoms with Gasteiger partial charge in [-0.3, -0.25) is 4.98 Å². The predicted molar refractivity (Wildman–Crippen MR) is 44.0 cm³/mol. The highest BCUT2D eigenvalue weighted by Crippen LogP contribution is 2.14. The molecule has 0 aliphatic carbocycles. The van der Waals surface area contributed by atoms with Crippen molar-refractivity contribution in [1.29, 1.82) is 0 Å². The molecular weight excluding hydrogens is 138 g/mol. The fourth-order valence-corrected chi connectivity index (χ4v) is 1.19. The standard InChI is InChI=1S/C8H9N3/c9-3-6-4-11-8-1-2-10-5-7(6)8/h1-2,4-5,11H,3,9H2. The Morgan fingerprint density at radius 1 is 1.55 bits per heavy atom. The fraction of sp³-hybridized carbons (Fsp3) is 0.125. The number of nitrogens with one attached hydrogen (secondary N) is 1. The summed E-state index contributed by atoms with van der Waals surface area (Å²) in [5.74, 6) is 0. The Balaban J connectivity index is 2.76. The van der Waals surface area contributed by atoms with Crippen LogP contribution < -0.4 is 5.73 Å². The summed E-state index contributed by atoms with van der Waals surface area (Å²) in [6.07, 6.45) is 5.51. The summed E-state index contributed by atoms with van der Waals surface area (Å²) in [5.41, 5.74) is 7.73. The summed E-state index contributed by atoms with van der Waals surface area (Å²) in [5, 5.41) is 1.12. The highest BCUT2D eigenvalue weighted by atomic mass is 14.7. The van der Waals surface area contributed by atoms with Crippen LogP contribution in [0.15, 0.2) is 24.7 Å². The van der Waals surface area contributed by atoms with Crippen molar-refractivity contribution in [2.45, 2.75) is 6.54 Å². The quantitative estimate of drug-likeness (QED) is 0.632. The molecule has 0 radical (unpaired) electrons. The Hall–Kier alpha value is -1.35. The third kappa shape index (κ3) is 0.897. The summed E-state index contributed by atoms with van der Waals surface area (Å²) in [4.78, 5) is 7.14. The molecule has 0 unspecified atom stereocenters. The molecule has 56 valence electrons.